The van der Waals surface area contributed by atoms with Gasteiger partial charge in [-0.25, -0.2) is 87.8 Å². The van der Waals surface area contributed by atoms with Gasteiger partial charge in [-0.15, -0.1) is 21.9 Å². The number of benzene rings is 7. The topological polar surface area (TPSA) is 83.1 Å². The first-order chi connectivity index (χ1) is 43.5. The molecular formula is C60H51BF20O9S. The van der Waals surface area contributed by atoms with Crippen molar-refractivity contribution in [1.82, 2.24) is 0 Å². The van der Waals surface area contributed by atoms with Crippen LogP contribution in [-0.4, -0.2) is 105 Å². The lowest BCUT2D eigenvalue weighted by Crippen LogP contribution is -2.81. The minimum Gasteiger partial charge on any atom is -0.486 e. The molecule has 0 N–H and O–H groups in total. The number of hydrogen-bond acceptors (Lipinski definition) is 9. The Morgan fingerprint density at radius 1 is 0.242 bits per heavy atom. The molecule has 0 heterocycles. The van der Waals surface area contributed by atoms with Gasteiger partial charge in [0.05, 0.1) is 59.5 Å². The highest BCUT2D eigenvalue weighted by atomic mass is 32.2. The van der Waals surface area contributed by atoms with Crippen LogP contribution in [0.3, 0.4) is 0 Å². The van der Waals surface area contributed by atoms with Gasteiger partial charge in [-0.1, -0.05) is 36.4 Å². The second-order valence-electron chi connectivity index (χ2n) is 18.4. The summed E-state index contributed by atoms with van der Waals surface area (Å²) in [6, 6.07) is 24.4. The molecule has 0 atom stereocenters. The largest absolute Gasteiger partial charge is 0.486 e. The average Bonchev–Trinajstić information content (AvgIpc) is 0.685. The Bertz CT molecular complexity index is 3100. The number of hydrogen-bond donors (Lipinski definition) is 0. The van der Waals surface area contributed by atoms with Crippen LogP contribution in [-0.2, 0) is 39.3 Å². The van der Waals surface area contributed by atoms with Crippen LogP contribution in [0.5, 0.6) is 17.2 Å². The van der Waals surface area contributed by atoms with Crippen molar-refractivity contribution >= 4 is 38.9 Å². The predicted octanol–water partition coefficient (Wildman–Crippen LogP) is 11.9. The van der Waals surface area contributed by atoms with E-state index in [2.05, 4.69) is 18.2 Å². The quantitative estimate of drug-likeness (QED) is 0.0105. The first kappa shape index (κ1) is 72.8. The summed E-state index contributed by atoms with van der Waals surface area (Å²) >= 11 is 0. The van der Waals surface area contributed by atoms with Crippen molar-refractivity contribution in [3.8, 4) is 17.2 Å². The van der Waals surface area contributed by atoms with Crippen molar-refractivity contribution < 1.29 is 130 Å². The Kier molecular flexibility index (Phi) is 27.1. The molecule has 0 radical (unpaired) electrons. The number of rotatable bonds is 31. The monoisotopic (exact) mass is 1340 g/mol. The van der Waals surface area contributed by atoms with Crippen molar-refractivity contribution in [2.24, 2.45) is 0 Å². The molecule has 0 aliphatic carbocycles. The molecule has 494 valence electrons. The predicted molar refractivity (Wildman–Crippen MR) is 289 cm³/mol. The molecule has 0 amide bonds. The van der Waals surface area contributed by atoms with Crippen molar-refractivity contribution in [2.45, 2.75) is 35.5 Å². The molecule has 7 aromatic carbocycles. The van der Waals surface area contributed by atoms with Gasteiger partial charge in [-0.05, 0) is 57.2 Å². The minimum atomic E-state index is -7.22. The van der Waals surface area contributed by atoms with Crippen LogP contribution >= 0.6 is 0 Å². The zero-order valence-corrected chi connectivity index (χ0v) is 48.6. The molecule has 7 aromatic rings. The third-order valence-corrected chi connectivity index (χ3v) is 15.4. The fourth-order valence-electron chi connectivity index (χ4n) is 9.17. The van der Waals surface area contributed by atoms with E-state index >= 15 is 35.1 Å². The number of ether oxygens (including phenoxy) is 9. The highest BCUT2D eigenvalue weighted by molar-refractivity contribution is 7.97. The van der Waals surface area contributed by atoms with E-state index in [1.807, 2.05) is 75.4 Å². The maximum atomic E-state index is 15.4. The Morgan fingerprint density at radius 2 is 0.418 bits per heavy atom. The van der Waals surface area contributed by atoms with Gasteiger partial charge in [0.25, 0.3) is 0 Å². The standard InChI is InChI=1S/C36H51O9S.C24BF20/c1-4-37-19-22-40-25-28-43-31-13-7-10-16-34(31)46(35-17-11-8-14-32(35)44-29-26-41-23-20-38-5-2)36-18-12-9-15-33(36)45-30-27-42-24-21-39-6-3;26-5-1(6(27)14(35)21(42)13(5)34)25(2-7(28)15(36)22(43)16(37)8(2)29,3-9(30)17(38)23(44)18(39)10(3)31)4-11(32)19(40)24(45)20(41)12(4)33/h7-18H,4-6,19-30H2,1-3H3;/q+1;-1. The lowest BCUT2D eigenvalue weighted by atomic mass is 9.12. The summed E-state index contributed by atoms with van der Waals surface area (Å²) in [5.41, 5.74) is -14.3. The lowest BCUT2D eigenvalue weighted by molar-refractivity contribution is 0.0400. The van der Waals surface area contributed by atoms with Crippen LogP contribution in [0.15, 0.2) is 87.5 Å². The molecule has 0 spiro atoms. The van der Waals surface area contributed by atoms with Crippen LogP contribution < -0.4 is 36.1 Å². The van der Waals surface area contributed by atoms with E-state index in [4.69, 9.17) is 42.6 Å². The molecule has 31 heteroatoms. The van der Waals surface area contributed by atoms with E-state index < -0.39 is 155 Å². The summed E-state index contributed by atoms with van der Waals surface area (Å²) in [5.74, 6) is -69.1. The van der Waals surface area contributed by atoms with Crippen molar-refractivity contribution in [3.05, 3.63) is 189 Å². The molecule has 0 aliphatic heterocycles. The summed E-state index contributed by atoms with van der Waals surface area (Å²) in [7, 11) is -0.641. The van der Waals surface area contributed by atoms with E-state index in [1.54, 1.807) is 0 Å². The minimum absolute atomic E-state index is 0.412. The van der Waals surface area contributed by atoms with Gasteiger partial charge < -0.3 is 42.6 Å². The zero-order valence-electron chi connectivity index (χ0n) is 47.8. The fraction of sp³-hybridized carbons (Fsp3) is 0.300. The maximum Gasteiger partial charge on any atom is 0.208 e. The molecular weight excluding hydrogens is 1290 g/mol. The Labute approximate surface area is 508 Å². The second kappa shape index (κ2) is 33.9. The van der Waals surface area contributed by atoms with E-state index in [0.717, 1.165) is 31.9 Å². The average molecular weight is 1340 g/mol. The fourth-order valence-corrected chi connectivity index (χ4v) is 11.5. The first-order valence-electron chi connectivity index (χ1n) is 27.1. The SMILES string of the molecule is CCOCCOCCOc1ccccc1[S+](c1ccccc1OCCOCCOCC)c1ccccc1OCCOCCOCC.Fc1c(F)c(F)c([B-](c2c(F)c(F)c(F)c(F)c2F)(c2c(F)c(F)c(F)c(F)c2F)c2c(F)c(F)c(F)c(F)c2F)c(F)c1F. The van der Waals surface area contributed by atoms with Gasteiger partial charge in [0.2, 0.25) is 14.7 Å². The zero-order chi connectivity index (χ0) is 66.9. The maximum absolute atomic E-state index is 15.4. The highest BCUT2D eigenvalue weighted by Gasteiger charge is 2.52. The Hall–Kier alpha value is -7.29. The molecule has 7 rings (SSSR count). The molecule has 91 heavy (non-hydrogen) atoms. The molecule has 0 aliphatic rings. The number of para-hydroxylation sites is 3. The van der Waals surface area contributed by atoms with E-state index in [9.17, 15) is 52.7 Å². The van der Waals surface area contributed by atoms with Gasteiger partial charge >= 0.3 is 0 Å². The molecule has 0 bridgehead atoms. The summed E-state index contributed by atoms with van der Waals surface area (Å²) in [6.45, 7) is 13.9. The second-order valence-corrected chi connectivity index (χ2v) is 20.4. The Morgan fingerprint density at radius 3 is 0.626 bits per heavy atom. The summed E-state index contributed by atoms with van der Waals surface area (Å²) in [6.07, 6.45) is -7.22. The molecule has 0 aromatic heterocycles. The molecule has 0 saturated heterocycles. The van der Waals surface area contributed by atoms with Gasteiger partial charge in [-0.3, -0.25) is 0 Å². The first-order valence-corrected chi connectivity index (χ1v) is 28.3. The molecule has 0 unspecified atom stereocenters. The Balaban J connectivity index is 0.000000289. The van der Waals surface area contributed by atoms with Gasteiger partial charge in [0, 0.05) is 19.8 Å². The smallest absolute Gasteiger partial charge is 0.208 e. The van der Waals surface area contributed by atoms with E-state index in [-0.39, 0.29) is 0 Å². The summed E-state index contributed by atoms with van der Waals surface area (Å²) in [5, 5.41) is 0. The van der Waals surface area contributed by atoms with Crippen molar-refractivity contribution in [1.29, 1.82) is 0 Å². The summed E-state index contributed by atoms with van der Waals surface area (Å²) in [4.78, 5) is 3.06. The summed E-state index contributed by atoms with van der Waals surface area (Å²) < 4.78 is 346. The van der Waals surface area contributed by atoms with Crippen LogP contribution in [0.4, 0.5) is 87.8 Å². The molecule has 0 fully saturated rings. The van der Waals surface area contributed by atoms with E-state index in [1.165, 1.54) is 0 Å². The van der Waals surface area contributed by atoms with E-state index in [0.29, 0.717) is 99.1 Å². The van der Waals surface area contributed by atoms with Gasteiger partial charge in [0.1, 0.15) is 83.4 Å². The van der Waals surface area contributed by atoms with Crippen LogP contribution in [0.2, 0.25) is 0 Å². The van der Waals surface area contributed by atoms with Crippen LogP contribution in [0.1, 0.15) is 20.8 Å². The van der Waals surface area contributed by atoms with Gasteiger partial charge in [0.15, 0.2) is 87.1 Å². The van der Waals surface area contributed by atoms with Crippen molar-refractivity contribution in [2.75, 3.05) is 99.1 Å². The number of halogens is 20. The highest BCUT2D eigenvalue weighted by Crippen LogP contribution is 2.44. The molecule has 0 saturated carbocycles. The molecule has 9 nitrogen and oxygen atoms in total. The third-order valence-electron chi connectivity index (χ3n) is 13.1. The van der Waals surface area contributed by atoms with Gasteiger partial charge in [-0.2, -0.15) is 0 Å². The van der Waals surface area contributed by atoms with Crippen molar-refractivity contribution in [3.63, 3.8) is 0 Å². The normalized spacial score (nSPS) is 11.6. The van der Waals surface area contributed by atoms with Crippen LogP contribution in [0, 0.1) is 116 Å². The lowest BCUT2D eigenvalue weighted by Gasteiger charge is -2.44. The van der Waals surface area contributed by atoms with Crippen LogP contribution in [0.25, 0.3) is 0 Å². The third kappa shape index (κ3) is 15.8.